The number of hydrogen-bond donors (Lipinski definition) is 2. The number of benzene rings is 3. The third-order valence-corrected chi connectivity index (χ3v) is 7.74. The first-order valence-electron chi connectivity index (χ1n) is 11.1. The normalized spacial score (nSPS) is 12.8. The smallest absolute Gasteiger partial charge is 0.241 e. The van der Waals surface area contributed by atoms with Gasteiger partial charge in [0.1, 0.15) is 5.82 Å². The van der Waals surface area contributed by atoms with Gasteiger partial charge in [0.25, 0.3) is 0 Å². The third kappa shape index (κ3) is 4.69. The molecule has 8 heteroatoms. The number of hydrogen-bond acceptors (Lipinski definition) is 4. The quantitative estimate of drug-likeness (QED) is 0.382. The first kappa shape index (κ1) is 23.9. The minimum absolute atomic E-state index is 0.300. The van der Waals surface area contributed by atoms with E-state index >= 15 is 0 Å². The van der Waals surface area contributed by atoms with Gasteiger partial charge >= 0.3 is 0 Å². The average Bonchev–Trinajstić information content (AvgIpc) is 3.16. The highest BCUT2D eigenvalue weighted by molar-refractivity contribution is 7.89. The molecule has 34 heavy (non-hydrogen) atoms. The highest BCUT2D eigenvalue weighted by Crippen LogP contribution is 2.29. The van der Waals surface area contributed by atoms with Gasteiger partial charge in [0.05, 0.1) is 22.3 Å². The Morgan fingerprint density at radius 2 is 1.62 bits per heavy atom. The molecule has 1 atom stereocenters. The second kappa shape index (κ2) is 9.19. The second-order valence-corrected chi connectivity index (χ2v) is 10.5. The van der Waals surface area contributed by atoms with Crippen molar-refractivity contribution in [2.24, 2.45) is 0 Å². The molecule has 6 nitrogen and oxygen atoms in total. The van der Waals surface area contributed by atoms with Crippen LogP contribution < -0.4 is 10.0 Å². The van der Waals surface area contributed by atoms with E-state index in [0.717, 1.165) is 44.5 Å². The number of sulfonamides is 1. The molecule has 4 aromatic rings. The SMILES string of the molecule is Cc1cc(C)c(S(=O)(=O)N[C@@H](C)CNc2c(C)ccc3c2cnn3-c2ccc(F)cc2)c(C)c1. The molecule has 0 saturated carbocycles. The first-order valence-corrected chi connectivity index (χ1v) is 12.6. The molecule has 0 unspecified atom stereocenters. The molecule has 0 aliphatic rings. The summed E-state index contributed by atoms with van der Waals surface area (Å²) in [5, 5.41) is 8.80. The molecule has 178 valence electrons. The fourth-order valence-corrected chi connectivity index (χ4v) is 6.14. The van der Waals surface area contributed by atoms with Crippen LogP contribution in [0.2, 0.25) is 0 Å². The van der Waals surface area contributed by atoms with E-state index in [4.69, 9.17) is 0 Å². The van der Waals surface area contributed by atoms with Crippen LogP contribution >= 0.6 is 0 Å². The third-order valence-electron chi connectivity index (χ3n) is 5.85. The molecule has 4 rings (SSSR count). The van der Waals surface area contributed by atoms with Crippen LogP contribution in [0.15, 0.2) is 59.6 Å². The molecule has 0 spiro atoms. The zero-order valence-electron chi connectivity index (χ0n) is 20.0. The molecule has 0 aliphatic carbocycles. The summed E-state index contributed by atoms with van der Waals surface area (Å²) in [4.78, 5) is 0.337. The molecule has 0 saturated heterocycles. The number of nitrogens with one attached hydrogen (secondary N) is 2. The minimum Gasteiger partial charge on any atom is -0.383 e. The van der Waals surface area contributed by atoms with Crippen molar-refractivity contribution < 1.29 is 12.8 Å². The highest BCUT2D eigenvalue weighted by atomic mass is 32.2. The molecular formula is C26H29FN4O2S. The topological polar surface area (TPSA) is 76.0 Å². The van der Waals surface area contributed by atoms with Gasteiger partial charge in [-0.05, 0) is 81.6 Å². The van der Waals surface area contributed by atoms with Crippen LogP contribution in [0, 0.1) is 33.5 Å². The van der Waals surface area contributed by atoms with E-state index in [0.29, 0.717) is 11.4 Å². The van der Waals surface area contributed by atoms with Gasteiger partial charge < -0.3 is 5.32 Å². The van der Waals surface area contributed by atoms with E-state index in [2.05, 4.69) is 15.1 Å². The van der Waals surface area contributed by atoms with E-state index in [-0.39, 0.29) is 11.9 Å². The lowest BCUT2D eigenvalue weighted by atomic mass is 10.1. The lowest BCUT2D eigenvalue weighted by Crippen LogP contribution is -2.38. The molecule has 0 fully saturated rings. The Morgan fingerprint density at radius 1 is 0.971 bits per heavy atom. The predicted molar refractivity (Wildman–Crippen MR) is 135 cm³/mol. The van der Waals surface area contributed by atoms with Crippen molar-refractivity contribution in [3.05, 3.63) is 82.8 Å². The summed E-state index contributed by atoms with van der Waals surface area (Å²) in [6.45, 7) is 9.81. The molecule has 0 bridgehead atoms. The fraction of sp³-hybridized carbons (Fsp3) is 0.269. The Hall–Kier alpha value is -3.23. The lowest BCUT2D eigenvalue weighted by Gasteiger charge is -2.19. The van der Waals surface area contributed by atoms with Crippen LogP contribution in [-0.4, -0.2) is 30.8 Å². The van der Waals surface area contributed by atoms with Gasteiger partial charge in [0.15, 0.2) is 0 Å². The zero-order chi connectivity index (χ0) is 24.6. The van der Waals surface area contributed by atoms with Crippen LogP contribution in [0.5, 0.6) is 0 Å². The van der Waals surface area contributed by atoms with Crippen molar-refractivity contribution in [1.29, 1.82) is 0 Å². The van der Waals surface area contributed by atoms with Gasteiger partial charge in [-0.1, -0.05) is 23.8 Å². The second-order valence-electron chi connectivity index (χ2n) is 8.85. The number of rotatable bonds is 7. The number of halogens is 1. The van der Waals surface area contributed by atoms with Crippen molar-refractivity contribution in [3.63, 3.8) is 0 Å². The summed E-state index contributed by atoms with van der Waals surface area (Å²) in [6.07, 6.45) is 1.77. The Morgan fingerprint density at radius 3 is 2.26 bits per heavy atom. The van der Waals surface area contributed by atoms with Crippen LogP contribution in [0.25, 0.3) is 16.6 Å². The summed E-state index contributed by atoms with van der Waals surface area (Å²) >= 11 is 0. The largest absolute Gasteiger partial charge is 0.383 e. The van der Waals surface area contributed by atoms with Gasteiger partial charge in [-0.15, -0.1) is 0 Å². The van der Waals surface area contributed by atoms with E-state index < -0.39 is 10.0 Å². The maximum atomic E-state index is 13.3. The van der Waals surface area contributed by atoms with Gasteiger partial charge in [-0.25, -0.2) is 22.2 Å². The Balaban J connectivity index is 1.55. The monoisotopic (exact) mass is 480 g/mol. The fourth-order valence-electron chi connectivity index (χ4n) is 4.44. The maximum absolute atomic E-state index is 13.3. The summed E-state index contributed by atoms with van der Waals surface area (Å²) in [5.41, 5.74) is 6.05. The standard InChI is InChI=1S/C26H29FN4O2S/c1-16-12-18(3)26(19(4)13-16)34(32,33)30-20(5)14-28-25-17(2)6-11-24-23(25)15-29-31(24)22-9-7-21(27)8-10-22/h6-13,15,20,28,30H,14H2,1-5H3/t20-/m0/s1. The maximum Gasteiger partial charge on any atom is 0.241 e. The molecule has 0 aliphatic heterocycles. The highest BCUT2D eigenvalue weighted by Gasteiger charge is 2.22. The van der Waals surface area contributed by atoms with Crippen LogP contribution in [-0.2, 0) is 10.0 Å². The summed E-state index contributed by atoms with van der Waals surface area (Å²) in [7, 11) is -3.67. The zero-order valence-corrected chi connectivity index (χ0v) is 20.8. The van der Waals surface area contributed by atoms with Gasteiger partial charge in [-0.2, -0.15) is 5.10 Å². The Bertz CT molecular complexity index is 1440. The van der Waals surface area contributed by atoms with Crippen molar-refractivity contribution >= 4 is 26.6 Å². The van der Waals surface area contributed by atoms with E-state index in [1.807, 2.05) is 58.9 Å². The number of aromatic nitrogens is 2. The van der Waals surface area contributed by atoms with Crippen molar-refractivity contribution in [2.75, 3.05) is 11.9 Å². The molecule has 2 N–H and O–H groups in total. The van der Waals surface area contributed by atoms with Gasteiger partial charge in [-0.3, -0.25) is 0 Å². The predicted octanol–water partition coefficient (Wildman–Crippen LogP) is 5.18. The van der Waals surface area contributed by atoms with Crippen LogP contribution in [0.3, 0.4) is 0 Å². The van der Waals surface area contributed by atoms with E-state index in [9.17, 15) is 12.8 Å². The summed E-state index contributed by atoms with van der Waals surface area (Å²) < 4.78 is 44.1. The lowest BCUT2D eigenvalue weighted by molar-refractivity contribution is 0.564. The van der Waals surface area contributed by atoms with E-state index in [1.54, 1.807) is 23.0 Å². The summed E-state index contributed by atoms with van der Waals surface area (Å²) in [6, 6.07) is 13.5. The summed E-state index contributed by atoms with van der Waals surface area (Å²) in [5.74, 6) is -0.300. The average molecular weight is 481 g/mol. The molecule has 3 aromatic carbocycles. The van der Waals surface area contributed by atoms with Crippen molar-refractivity contribution in [1.82, 2.24) is 14.5 Å². The Kier molecular flexibility index (Phi) is 6.47. The van der Waals surface area contributed by atoms with Crippen LogP contribution in [0.1, 0.15) is 29.2 Å². The number of aryl methyl sites for hydroxylation is 4. The Labute approximate surface area is 199 Å². The number of fused-ring (bicyclic) bond motifs is 1. The van der Waals surface area contributed by atoms with Gasteiger partial charge in [0, 0.05) is 23.7 Å². The molecule has 0 amide bonds. The first-order chi connectivity index (χ1) is 16.1. The molecule has 1 aromatic heterocycles. The minimum atomic E-state index is -3.67. The number of nitrogens with zero attached hydrogens (tertiary/aromatic N) is 2. The van der Waals surface area contributed by atoms with Gasteiger partial charge in [0.2, 0.25) is 10.0 Å². The van der Waals surface area contributed by atoms with E-state index in [1.165, 1.54) is 12.1 Å². The van der Waals surface area contributed by atoms with Crippen LogP contribution in [0.4, 0.5) is 10.1 Å². The molecule has 1 heterocycles. The molecule has 0 radical (unpaired) electrons. The number of anilines is 1. The van der Waals surface area contributed by atoms with Crippen molar-refractivity contribution in [2.45, 2.75) is 45.6 Å². The molecular weight excluding hydrogens is 451 g/mol. The van der Waals surface area contributed by atoms with Crippen molar-refractivity contribution in [3.8, 4) is 5.69 Å².